The van der Waals surface area contributed by atoms with Crippen LogP contribution in [0, 0.1) is 0 Å². The van der Waals surface area contributed by atoms with Gasteiger partial charge in [-0.3, -0.25) is 0 Å². The average Bonchev–Trinajstić information content (AvgIpc) is 2.15. The molecule has 1 atom stereocenters. The Bertz CT molecular complexity index is 654. The highest BCUT2D eigenvalue weighted by Gasteiger charge is 2.41. The second kappa shape index (κ2) is 4.62. The lowest BCUT2D eigenvalue weighted by Gasteiger charge is -2.17. The largest absolute Gasteiger partial charge is 0.441 e. The van der Waals surface area contributed by atoms with Crippen molar-refractivity contribution in [2.75, 3.05) is 5.73 Å². The average molecular weight is 338 g/mol. The van der Waals surface area contributed by atoms with E-state index in [0.717, 1.165) is 12.1 Å². The number of nitrogen functional groups attached to an aromatic ring is 1. The van der Waals surface area contributed by atoms with Crippen LogP contribution in [0.15, 0.2) is 37.8 Å². The third-order valence-electron chi connectivity index (χ3n) is 1.75. The van der Waals surface area contributed by atoms with E-state index in [1.165, 1.54) is 12.1 Å². The van der Waals surface area contributed by atoms with E-state index >= 15 is 0 Å². The molecule has 1 aromatic carbocycles. The van der Waals surface area contributed by atoms with Gasteiger partial charge in [0.05, 0.1) is 0 Å². The molecule has 0 aromatic heterocycles. The predicted molar refractivity (Wildman–Crippen MR) is 65.1 cm³/mol. The molecule has 0 spiro atoms. The number of rotatable bonds is 2. The summed E-state index contributed by atoms with van der Waals surface area (Å²) in [5.41, 5.74) is 5.66. The molecule has 1 heterocycles. The van der Waals surface area contributed by atoms with Crippen molar-refractivity contribution in [3.05, 3.63) is 24.3 Å². The molecule has 19 heavy (non-hydrogen) atoms. The molecule has 0 saturated carbocycles. The van der Waals surface area contributed by atoms with Crippen LogP contribution in [0.3, 0.4) is 0 Å². The lowest BCUT2D eigenvalue weighted by atomic mass is 10.3. The quantitative estimate of drug-likeness (QED) is 0.388. The maximum atomic E-state index is 13.9. The van der Waals surface area contributed by atoms with Crippen LogP contribution in [-0.2, 0) is 0 Å². The van der Waals surface area contributed by atoms with E-state index in [1.54, 1.807) is 0 Å². The van der Waals surface area contributed by atoms with Gasteiger partial charge in [-0.2, -0.15) is 0 Å². The van der Waals surface area contributed by atoms with Gasteiger partial charge in [0.2, 0.25) is 0 Å². The maximum absolute atomic E-state index is 13.9. The third-order valence-corrected chi connectivity index (χ3v) is 7.40. The minimum atomic E-state index is -5.75. The van der Waals surface area contributed by atoms with E-state index in [9.17, 15) is 21.0 Å². The summed E-state index contributed by atoms with van der Waals surface area (Å²) in [6.07, 6.45) is 0. The van der Waals surface area contributed by atoms with Crippen LogP contribution in [0.4, 0.5) is 26.7 Å². The van der Waals surface area contributed by atoms with Crippen molar-refractivity contribution in [1.29, 1.82) is 0 Å². The Morgan fingerprint density at radius 3 is 1.89 bits per heavy atom. The minimum Gasteiger partial charge on any atom is -0.419 e. The number of nitrogens with zero attached hydrogens (tertiary/aromatic N) is 3. The number of benzene rings is 1. The zero-order chi connectivity index (χ0) is 14.3. The number of anilines is 1. The lowest BCUT2D eigenvalue weighted by molar-refractivity contribution is 0.548. The highest BCUT2D eigenvalue weighted by molar-refractivity contribution is 7.77. The first-order chi connectivity index (χ1) is 8.59. The second-order valence-corrected chi connectivity index (χ2v) is 8.41. The van der Waals surface area contributed by atoms with E-state index in [-0.39, 0.29) is 5.75 Å². The van der Waals surface area contributed by atoms with Crippen LogP contribution in [0.1, 0.15) is 0 Å². The Morgan fingerprint density at radius 2 is 1.37 bits per heavy atom. The fraction of sp³-hybridized carbons (Fsp3) is 0. The molecule has 106 valence electrons. The molecule has 0 saturated heterocycles. The first kappa shape index (κ1) is 14.6. The molecular formula is C6H6F5N4OP3. The van der Waals surface area contributed by atoms with Crippen LogP contribution < -0.4 is 10.3 Å². The van der Waals surface area contributed by atoms with E-state index in [4.69, 9.17) is 5.73 Å². The monoisotopic (exact) mass is 338 g/mol. The third kappa shape index (κ3) is 3.81. The van der Waals surface area contributed by atoms with Crippen LogP contribution in [0.25, 0.3) is 0 Å². The molecule has 5 nitrogen and oxygen atoms in total. The molecule has 0 radical (unpaired) electrons. The standard InChI is InChI=1S/C6H6F5N4OP3/c7-17(8)13-18(9,10)15-19(11,14-17)16-6-3-1-5(12)2-4-6/h1-4H,12H2. The molecule has 2 rings (SSSR count). The SMILES string of the molecule is Nc1ccc(OP2(F)=NP(F)(F)=NP(F)(F)=N2)cc1. The zero-order valence-electron chi connectivity index (χ0n) is 8.87. The predicted octanol–water partition coefficient (Wildman–Crippen LogP) is 6.35. The summed E-state index contributed by atoms with van der Waals surface area (Å²) in [7, 11) is -16.6. The number of hydrogen-bond donors (Lipinski definition) is 1. The Balaban J connectivity index is 2.44. The molecule has 1 aliphatic heterocycles. The Labute approximate surface area is 105 Å². The molecule has 0 fully saturated rings. The first-order valence-corrected chi connectivity index (χ1v) is 9.00. The summed E-state index contributed by atoms with van der Waals surface area (Å²) in [5, 5.41) is 0. The fourth-order valence-electron chi connectivity index (χ4n) is 1.15. The van der Waals surface area contributed by atoms with Gasteiger partial charge in [-0.25, -0.2) is 0 Å². The van der Waals surface area contributed by atoms with Crippen molar-refractivity contribution in [2.45, 2.75) is 0 Å². The first-order valence-electron chi connectivity index (χ1n) is 4.54. The molecule has 1 aromatic rings. The van der Waals surface area contributed by atoms with Gasteiger partial charge in [0.25, 0.3) is 0 Å². The van der Waals surface area contributed by atoms with Gasteiger partial charge in [-0.05, 0) is 24.3 Å². The summed E-state index contributed by atoms with van der Waals surface area (Å²) in [5.74, 6) is -0.264. The van der Waals surface area contributed by atoms with Gasteiger partial charge >= 0.3 is 23.4 Å². The summed E-state index contributed by atoms with van der Waals surface area (Å²) < 4.78 is 76.6. The number of halogens is 5. The van der Waals surface area contributed by atoms with Gasteiger partial charge in [0, 0.05) is 5.69 Å². The normalized spacial score (nSPS) is 27.6. The van der Waals surface area contributed by atoms with Gasteiger partial charge in [-0.1, -0.05) is 0 Å². The summed E-state index contributed by atoms with van der Waals surface area (Å²) in [6.45, 7) is 0. The Hall–Kier alpha value is -0.840. The number of hydrogen-bond acceptors (Lipinski definition) is 5. The van der Waals surface area contributed by atoms with Crippen molar-refractivity contribution >= 4 is 29.1 Å². The van der Waals surface area contributed by atoms with Crippen molar-refractivity contribution in [1.82, 2.24) is 0 Å². The van der Waals surface area contributed by atoms with Crippen LogP contribution >= 0.6 is 23.4 Å². The van der Waals surface area contributed by atoms with E-state index in [0.29, 0.717) is 5.69 Å². The highest BCUT2D eigenvalue weighted by atomic mass is 31.3. The minimum absolute atomic E-state index is 0.264. The van der Waals surface area contributed by atoms with Gasteiger partial charge in [0.1, 0.15) is 5.75 Å². The van der Waals surface area contributed by atoms with Gasteiger partial charge < -0.3 is 10.3 Å². The number of nitrogens with two attached hydrogens (primary N) is 1. The summed E-state index contributed by atoms with van der Waals surface area (Å²) >= 11 is 0. The van der Waals surface area contributed by atoms with Gasteiger partial charge in [0.15, 0.2) is 0 Å². The lowest BCUT2D eigenvalue weighted by Crippen LogP contribution is -1.89. The Morgan fingerprint density at radius 1 is 0.842 bits per heavy atom. The summed E-state index contributed by atoms with van der Waals surface area (Å²) in [6, 6.07) is 4.86. The van der Waals surface area contributed by atoms with Crippen LogP contribution in [0.2, 0.25) is 0 Å². The van der Waals surface area contributed by atoms with Crippen LogP contribution in [-0.4, -0.2) is 0 Å². The zero-order valence-corrected chi connectivity index (χ0v) is 11.6. The Kier molecular flexibility index (Phi) is 3.54. The van der Waals surface area contributed by atoms with E-state index in [2.05, 4.69) is 13.6 Å². The molecule has 1 unspecified atom stereocenters. The van der Waals surface area contributed by atoms with E-state index < -0.39 is 23.4 Å². The molecule has 0 amide bonds. The van der Waals surface area contributed by atoms with Crippen molar-refractivity contribution < 1.29 is 25.5 Å². The van der Waals surface area contributed by atoms with Crippen molar-refractivity contribution in [3.63, 3.8) is 0 Å². The topological polar surface area (TPSA) is 72.3 Å². The molecule has 0 bridgehead atoms. The molecule has 1 aliphatic rings. The van der Waals surface area contributed by atoms with Crippen molar-refractivity contribution in [3.8, 4) is 5.75 Å². The fourth-order valence-corrected chi connectivity index (χ4v) is 6.38. The maximum Gasteiger partial charge on any atom is 0.441 e. The second-order valence-electron chi connectivity index (χ2n) is 3.31. The molecule has 13 heteroatoms. The highest BCUT2D eigenvalue weighted by Crippen LogP contribution is 2.81. The van der Waals surface area contributed by atoms with Gasteiger partial charge in [-0.15, -0.1) is 34.5 Å². The molecular weight excluding hydrogens is 332 g/mol. The van der Waals surface area contributed by atoms with Crippen molar-refractivity contribution in [2.24, 2.45) is 13.5 Å². The smallest absolute Gasteiger partial charge is 0.419 e. The summed E-state index contributed by atoms with van der Waals surface area (Å²) in [4.78, 5) is 0. The van der Waals surface area contributed by atoms with E-state index in [1.807, 2.05) is 4.52 Å². The van der Waals surface area contributed by atoms with Crippen LogP contribution in [0.5, 0.6) is 5.75 Å². The molecule has 0 aliphatic carbocycles. The molecule has 2 N–H and O–H groups in total.